The molecule has 0 atom stereocenters. The van der Waals surface area contributed by atoms with Crippen molar-refractivity contribution in [2.45, 2.75) is 13.1 Å². The van der Waals surface area contributed by atoms with Crippen LogP contribution in [-0.2, 0) is 13.2 Å². The first-order valence-corrected chi connectivity index (χ1v) is 5.47. The highest BCUT2D eigenvalue weighted by Crippen LogP contribution is 2.31. The van der Waals surface area contributed by atoms with E-state index < -0.39 is 17.2 Å². The highest BCUT2D eigenvalue weighted by Gasteiger charge is 2.31. The summed E-state index contributed by atoms with van der Waals surface area (Å²) in [7, 11) is 1.57. The van der Waals surface area contributed by atoms with E-state index in [4.69, 9.17) is 11.6 Å². The van der Waals surface area contributed by atoms with Gasteiger partial charge in [-0.2, -0.15) is 13.2 Å². The third-order valence-corrected chi connectivity index (χ3v) is 3.40. The molecule has 96 valence electrons. The molecule has 0 bridgehead atoms. The second kappa shape index (κ2) is 4.02. The standard InChI is InChI=1S/C12H9ClF3NO/c1-6-10(13)11(18)8-4-3-7(12(14,15)16)5-9(8)17(6)2/h3-5H,1-2H3. The van der Waals surface area contributed by atoms with Gasteiger partial charge in [0.25, 0.3) is 0 Å². The molecular weight excluding hydrogens is 267 g/mol. The fraction of sp³-hybridized carbons (Fsp3) is 0.250. The van der Waals surface area contributed by atoms with E-state index in [0.717, 1.165) is 18.2 Å². The average molecular weight is 276 g/mol. The van der Waals surface area contributed by atoms with Crippen LogP contribution in [0.3, 0.4) is 0 Å². The minimum Gasteiger partial charge on any atom is -0.346 e. The number of hydrogen-bond donors (Lipinski definition) is 0. The molecule has 1 aromatic heterocycles. The van der Waals surface area contributed by atoms with E-state index in [-0.39, 0.29) is 15.9 Å². The summed E-state index contributed by atoms with van der Waals surface area (Å²) in [4.78, 5) is 11.8. The van der Waals surface area contributed by atoms with Crippen molar-refractivity contribution in [3.8, 4) is 0 Å². The van der Waals surface area contributed by atoms with Gasteiger partial charge in [0.15, 0.2) is 0 Å². The van der Waals surface area contributed by atoms with Gasteiger partial charge in [-0.1, -0.05) is 11.6 Å². The minimum atomic E-state index is -4.43. The molecule has 6 heteroatoms. The van der Waals surface area contributed by atoms with Crippen molar-refractivity contribution in [2.75, 3.05) is 0 Å². The van der Waals surface area contributed by atoms with Gasteiger partial charge >= 0.3 is 6.18 Å². The third-order valence-electron chi connectivity index (χ3n) is 2.95. The molecule has 0 fully saturated rings. The molecule has 0 aliphatic rings. The lowest BCUT2D eigenvalue weighted by molar-refractivity contribution is -0.137. The molecule has 0 unspecified atom stereocenters. The van der Waals surface area contributed by atoms with Crippen LogP contribution in [0.1, 0.15) is 11.3 Å². The fourth-order valence-electron chi connectivity index (χ4n) is 1.79. The Labute approximate surface area is 106 Å². The summed E-state index contributed by atoms with van der Waals surface area (Å²) < 4.78 is 39.3. The van der Waals surface area contributed by atoms with Gasteiger partial charge in [-0.25, -0.2) is 0 Å². The molecular formula is C12H9ClF3NO. The maximum absolute atomic E-state index is 12.6. The van der Waals surface area contributed by atoms with Crippen molar-refractivity contribution in [1.29, 1.82) is 0 Å². The Bertz CT molecular complexity index is 688. The van der Waals surface area contributed by atoms with Gasteiger partial charge in [-0.3, -0.25) is 4.79 Å². The van der Waals surface area contributed by atoms with Gasteiger partial charge < -0.3 is 4.57 Å². The monoisotopic (exact) mass is 275 g/mol. The van der Waals surface area contributed by atoms with Crippen LogP contribution in [-0.4, -0.2) is 4.57 Å². The van der Waals surface area contributed by atoms with Crippen LogP contribution in [0.4, 0.5) is 13.2 Å². The molecule has 0 radical (unpaired) electrons. The zero-order valence-corrected chi connectivity index (χ0v) is 10.4. The lowest BCUT2D eigenvalue weighted by atomic mass is 10.1. The van der Waals surface area contributed by atoms with Crippen LogP contribution in [0.15, 0.2) is 23.0 Å². The minimum absolute atomic E-state index is 0.0322. The van der Waals surface area contributed by atoms with E-state index in [9.17, 15) is 18.0 Å². The van der Waals surface area contributed by atoms with E-state index in [1.807, 2.05) is 0 Å². The molecule has 0 aliphatic heterocycles. The summed E-state index contributed by atoms with van der Waals surface area (Å²) >= 11 is 5.84. The van der Waals surface area contributed by atoms with Gasteiger partial charge in [0.05, 0.1) is 11.1 Å². The molecule has 0 amide bonds. The van der Waals surface area contributed by atoms with Gasteiger partial charge in [0, 0.05) is 18.1 Å². The summed E-state index contributed by atoms with van der Waals surface area (Å²) in [5, 5.41) is 0.214. The van der Waals surface area contributed by atoms with Crippen LogP contribution in [0, 0.1) is 6.92 Å². The summed E-state index contributed by atoms with van der Waals surface area (Å²) in [6.45, 7) is 1.59. The summed E-state index contributed by atoms with van der Waals surface area (Å²) in [5.41, 5.74) is -0.576. The molecule has 0 saturated heterocycles. The number of hydrogen-bond acceptors (Lipinski definition) is 1. The summed E-state index contributed by atoms with van der Waals surface area (Å²) in [6.07, 6.45) is -4.43. The highest BCUT2D eigenvalue weighted by molar-refractivity contribution is 6.31. The van der Waals surface area contributed by atoms with E-state index in [1.54, 1.807) is 14.0 Å². The van der Waals surface area contributed by atoms with E-state index in [2.05, 4.69) is 0 Å². The predicted molar refractivity (Wildman–Crippen MR) is 63.9 cm³/mol. The first-order chi connectivity index (χ1) is 8.23. The average Bonchev–Trinajstić information content (AvgIpc) is 2.32. The van der Waals surface area contributed by atoms with Gasteiger partial charge in [-0.15, -0.1) is 0 Å². The Hall–Kier alpha value is -1.49. The van der Waals surface area contributed by atoms with E-state index in [0.29, 0.717) is 5.69 Å². The maximum atomic E-state index is 12.6. The van der Waals surface area contributed by atoms with E-state index >= 15 is 0 Å². The Morgan fingerprint density at radius 2 is 1.89 bits per heavy atom. The zero-order chi connectivity index (χ0) is 13.7. The van der Waals surface area contributed by atoms with Crippen molar-refractivity contribution < 1.29 is 13.2 Å². The molecule has 1 aromatic carbocycles. The number of halogens is 4. The number of fused-ring (bicyclic) bond motifs is 1. The number of alkyl halides is 3. The van der Waals surface area contributed by atoms with Crippen LogP contribution < -0.4 is 5.43 Å². The molecule has 2 nitrogen and oxygen atoms in total. The van der Waals surface area contributed by atoms with Crippen molar-refractivity contribution >= 4 is 22.5 Å². The topological polar surface area (TPSA) is 22.0 Å². The molecule has 0 spiro atoms. The third kappa shape index (κ3) is 1.88. The van der Waals surface area contributed by atoms with E-state index in [1.165, 1.54) is 4.57 Å². The SMILES string of the molecule is Cc1c(Cl)c(=O)c2ccc(C(F)(F)F)cc2n1C. The number of nitrogens with zero attached hydrogens (tertiary/aromatic N) is 1. The molecule has 1 heterocycles. The normalized spacial score (nSPS) is 12.1. The molecule has 0 aliphatic carbocycles. The van der Waals surface area contributed by atoms with Crippen LogP contribution in [0.2, 0.25) is 5.02 Å². The molecule has 18 heavy (non-hydrogen) atoms. The molecule has 0 saturated carbocycles. The number of aryl methyl sites for hydroxylation is 1. The van der Waals surface area contributed by atoms with Gasteiger partial charge in [0.2, 0.25) is 5.43 Å². The Kier molecular flexibility index (Phi) is 2.89. The molecule has 2 rings (SSSR count). The van der Waals surface area contributed by atoms with Gasteiger partial charge in [-0.05, 0) is 25.1 Å². The zero-order valence-electron chi connectivity index (χ0n) is 9.60. The smallest absolute Gasteiger partial charge is 0.346 e. The lowest BCUT2D eigenvalue weighted by Gasteiger charge is -2.13. The number of benzene rings is 1. The number of rotatable bonds is 0. The fourth-order valence-corrected chi connectivity index (χ4v) is 2.02. The molecule has 0 N–H and O–H groups in total. The predicted octanol–water partition coefficient (Wildman–Crippen LogP) is 3.52. The van der Waals surface area contributed by atoms with Crippen molar-refractivity contribution in [2.24, 2.45) is 7.05 Å². The van der Waals surface area contributed by atoms with Gasteiger partial charge in [0.1, 0.15) is 5.02 Å². The van der Waals surface area contributed by atoms with Crippen LogP contribution in [0.5, 0.6) is 0 Å². The maximum Gasteiger partial charge on any atom is 0.416 e. The lowest BCUT2D eigenvalue weighted by Crippen LogP contribution is -2.13. The first-order valence-electron chi connectivity index (χ1n) is 5.09. The van der Waals surface area contributed by atoms with Crippen molar-refractivity contribution in [3.05, 3.63) is 44.7 Å². The molecule has 2 aromatic rings. The number of pyridine rings is 1. The Morgan fingerprint density at radius 1 is 1.28 bits per heavy atom. The summed E-state index contributed by atoms with van der Waals surface area (Å²) in [5.74, 6) is 0. The Balaban J connectivity index is 2.91. The Morgan fingerprint density at radius 3 is 2.44 bits per heavy atom. The van der Waals surface area contributed by atoms with Crippen LogP contribution >= 0.6 is 11.6 Å². The number of aromatic nitrogens is 1. The van der Waals surface area contributed by atoms with Crippen LogP contribution in [0.25, 0.3) is 10.9 Å². The highest BCUT2D eigenvalue weighted by atomic mass is 35.5. The summed E-state index contributed by atoms with van der Waals surface area (Å²) in [6, 6.07) is 3.00. The second-order valence-corrected chi connectivity index (χ2v) is 4.40. The van der Waals surface area contributed by atoms with Crippen molar-refractivity contribution in [1.82, 2.24) is 4.57 Å². The largest absolute Gasteiger partial charge is 0.416 e. The van der Waals surface area contributed by atoms with Crippen molar-refractivity contribution in [3.63, 3.8) is 0 Å². The quantitative estimate of drug-likeness (QED) is 0.721. The second-order valence-electron chi connectivity index (χ2n) is 4.02. The first kappa shape index (κ1) is 13.0.